The largest absolute Gasteiger partial charge is 0.351 e. The third-order valence-corrected chi connectivity index (χ3v) is 6.07. The van der Waals surface area contributed by atoms with Crippen molar-refractivity contribution in [2.24, 2.45) is 0 Å². The molecule has 1 saturated carbocycles. The van der Waals surface area contributed by atoms with Gasteiger partial charge in [-0.3, -0.25) is 9.59 Å². The third kappa shape index (κ3) is 3.67. The number of nitrogens with one attached hydrogen (secondary N) is 1. The van der Waals surface area contributed by atoms with Crippen LogP contribution in [0.15, 0.2) is 59.4 Å². The van der Waals surface area contributed by atoms with Gasteiger partial charge in [0.2, 0.25) is 5.91 Å². The monoisotopic (exact) mass is 390 g/mol. The van der Waals surface area contributed by atoms with Crippen molar-refractivity contribution in [3.8, 4) is 0 Å². The number of hydrogen-bond donors (Lipinski definition) is 1. The second kappa shape index (κ2) is 8.15. The molecule has 2 aromatic carbocycles. The lowest BCUT2D eigenvalue weighted by molar-refractivity contribution is -0.127. The highest BCUT2D eigenvalue weighted by Gasteiger charge is 2.43. The van der Waals surface area contributed by atoms with E-state index in [1.54, 1.807) is 12.1 Å². The van der Waals surface area contributed by atoms with Gasteiger partial charge in [0.1, 0.15) is 5.52 Å². The van der Waals surface area contributed by atoms with E-state index >= 15 is 0 Å². The van der Waals surface area contributed by atoms with Crippen LogP contribution in [0.3, 0.4) is 0 Å². The van der Waals surface area contributed by atoms with Crippen LogP contribution in [0.4, 0.5) is 0 Å². The van der Waals surface area contributed by atoms with Gasteiger partial charge < -0.3 is 5.32 Å². The van der Waals surface area contributed by atoms with Crippen LogP contribution in [0, 0.1) is 0 Å². The number of rotatable bonds is 6. The van der Waals surface area contributed by atoms with Gasteiger partial charge >= 0.3 is 0 Å². The summed E-state index contributed by atoms with van der Waals surface area (Å²) in [5.41, 5.74) is 1.00. The Balaban J connectivity index is 1.57. The van der Waals surface area contributed by atoms with Crippen LogP contribution in [0.25, 0.3) is 10.9 Å². The quantitative estimate of drug-likeness (QED) is 0.701. The van der Waals surface area contributed by atoms with Crippen molar-refractivity contribution < 1.29 is 4.79 Å². The summed E-state index contributed by atoms with van der Waals surface area (Å²) in [7, 11) is 0. The van der Waals surface area contributed by atoms with E-state index < -0.39 is 5.41 Å². The lowest BCUT2D eigenvalue weighted by Crippen LogP contribution is -2.49. The van der Waals surface area contributed by atoms with Crippen molar-refractivity contribution in [2.45, 2.75) is 57.0 Å². The SMILES string of the molecule is CC[C@@H](Cn1nnc2ccccc2c1=O)NC(=O)C1(c2ccccc2)CCCC1. The molecule has 0 aliphatic heterocycles. The molecule has 6 heteroatoms. The van der Waals surface area contributed by atoms with E-state index in [1.807, 2.05) is 49.4 Å². The van der Waals surface area contributed by atoms with Gasteiger partial charge in [0.15, 0.2) is 0 Å². The van der Waals surface area contributed by atoms with E-state index in [4.69, 9.17) is 0 Å². The molecule has 0 unspecified atom stereocenters. The van der Waals surface area contributed by atoms with Crippen molar-refractivity contribution in [2.75, 3.05) is 0 Å². The summed E-state index contributed by atoms with van der Waals surface area (Å²) in [6.45, 7) is 2.32. The Bertz CT molecular complexity index is 1060. The molecule has 1 aromatic heterocycles. The van der Waals surface area contributed by atoms with E-state index in [0.29, 0.717) is 23.9 Å². The topological polar surface area (TPSA) is 76.9 Å². The number of benzene rings is 2. The first-order valence-corrected chi connectivity index (χ1v) is 10.3. The zero-order chi connectivity index (χ0) is 20.3. The van der Waals surface area contributed by atoms with Gasteiger partial charge in [0.25, 0.3) is 5.56 Å². The van der Waals surface area contributed by atoms with Crippen molar-refractivity contribution in [1.29, 1.82) is 0 Å². The summed E-state index contributed by atoms with van der Waals surface area (Å²) in [4.78, 5) is 26.1. The molecule has 1 heterocycles. The fourth-order valence-electron chi connectivity index (χ4n) is 4.33. The van der Waals surface area contributed by atoms with Crippen molar-refractivity contribution in [3.63, 3.8) is 0 Å². The highest BCUT2D eigenvalue weighted by Crippen LogP contribution is 2.41. The molecule has 4 rings (SSSR count). The Morgan fingerprint density at radius 1 is 1.10 bits per heavy atom. The smallest absolute Gasteiger partial charge is 0.277 e. The van der Waals surface area contributed by atoms with Crippen LogP contribution in [-0.2, 0) is 16.8 Å². The first kappa shape index (κ1) is 19.3. The highest BCUT2D eigenvalue weighted by molar-refractivity contribution is 5.88. The maximum Gasteiger partial charge on any atom is 0.277 e. The molecule has 1 amide bonds. The molecule has 1 N–H and O–H groups in total. The van der Waals surface area contributed by atoms with E-state index in [-0.39, 0.29) is 17.5 Å². The van der Waals surface area contributed by atoms with Gasteiger partial charge in [0.05, 0.1) is 17.3 Å². The number of nitrogens with zero attached hydrogens (tertiary/aromatic N) is 3. The standard InChI is InChI=1S/C23H26N4O2/c1-2-18(16-27-21(28)19-12-6-7-13-20(19)25-26-27)24-22(29)23(14-8-9-15-23)17-10-4-3-5-11-17/h3-7,10-13,18H,2,8-9,14-16H2,1H3,(H,24,29)/t18-/m0/s1. The Kier molecular flexibility index (Phi) is 5.43. The lowest BCUT2D eigenvalue weighted by atomic mass is 9.78. The van der Waals surface area contributed by atoms with E-state index in [2.05, 4.69) is 15.6 Å². The second-order valence-corrected chi connectivity index (χ2v) is 7.83. The number of amides is 1. The summed E-state index contributed by atoms with van der Waals surface area (Å²) in [6, 6.07) is 17.0. The Hall–Kier alpha value is -3.02. The van der Waals surface area contributed by atoms with Gasteiger partial charge in [-0.15, -0.1) is 5.10 Å². The van der Waals surface area contributed by atoms with E-state index in [0.717, 1.165) is 31.2 Å². The highest BCUT2D eigenvalue weighted by atomic mass is 16.2. The maximum atomic E-state index is 13.4. The number of aromatic nitrogens is 3. The maximum absolute atomic E-state index is 13.4. The molecule has 1 aliphatic carbocycles. The summed E-state index contributed by atoms with van der Waals surface area (Å²) >= 11 is 0. The van der Waals surface area contributed by atoms with E-state index in [1.165, 1.54) is 4.68 Å². The van der Waals surface area contributed by atoms with Crippen molar-refractivity contribution in [1.82, 2.24) is 20.3 Å². The minimum absolute atomic E-state index is 0.0508. The molecular formula is C23H26N4O2. The van der Waals surface area contributed by atoms with E-state index in [9.17, 15) is 9.59 Å². The van der Waals surface area contributed by atoms with Gasteiger partial charge in [-0.1, -0.05) is 67.4 Å². The van der Waals surface area contributed by atoms with Crippen LogP contribution in [0.1, 0.15) is 44.6 Å². The van der Waals surface area contributed by atoms with Gasteiger partial charge in [-0.2, -0.15) is 0 Å². The van der Waals surface area contributed by atoms with Crippen molar-refractivity contribution in [3.05, 3.63) is 70.5 Å². The summed E-state index contributed by atoms with van der Waals surface area (Å²) in [5, 5.41) is 12.0. The average Bonchev–Trinajstić information content (AvgIpc) is 3.27. The minimum Gasteiger partial charge on any atom is -0.351 e. The molecule has 3 aromatic rings. The third-order valence-electron chi connectivity index (χ3n) is 6.07. The first-order valence-electron chi connectivity index (χ1n) is 10.3. The fourth-order valence-corrected chi connectivity index (χ4v) is 4.33. The number of hydrogen-bond acceptors (Lipinski definition) is 4. The summed E-state index contributed by atoms with van der Waals surface area (Å²) in [5.74, 6) is 0.0508. The Morgan fingerprint density at radius 2 is 1.79 bits per heavy atom. The molecule has 0 spiro atoms. The van der Waals surface area contributed by atoms with Crippen LogP contribution in [0.2, 0.25) is 0 Å². The number of carbonyl (C=O) groups is 1. The number of fused-ring (bicyclic) bond motifs is 1. The summed E-state index contributed by atoms with van der Waals surface area (Å²) in [6.07, 6.45) is 4.52. The van der Waals surface area contributed by atoms with Crippen LogP contribution in [-0.4, -0.2) is 26.9 Å². The zero-order valence-electron chi connectivity index (χ0n) is 16.7. The van der Waals surface area contributed by atoms with Crippen LogP contribution < -0.4 is 10.9 Å². The minimum atomic E-state index is -0.477. The molecule has 1 aliphatic rings. The van der Waals surface area contributed by atoms with Gasteiger partial charge in [0, 0.05) is 6.04 Å². The van der Waals surface area contributed by atoms with Gasteiger partial charge in [-0.25, -0.2) is 4.68 Å². The van der Waals surface area contributed by atoms with Gasteiger partial charge in [-0.05, 0) is 37.0 Å². The normalized spacial score (nSPS) is 16.6. The molecular weight excluding hydrogens is 364 g/mol. The second-order valence-electron chi connectivity index (χ2n) is 7.83. The molecule has 0 saturated heterocycles. The molecule has 0 radical (unpaired) electrons. The predicted molar refractivity (Wildman–Crippen MR) is 113 cm³/mol. The Labute approximate surface area is 169 Å². The lowest BCUT2D eigenvalue weighted by Gasteiger charge is -2.30. The average molecular weight is 390 g/mol. The zero-order valence-corrected chi connectivity index (χ0v) is 16.7. The molecule has 1 fully saturated rings. The molecule has 1 atom stereocenters. The molecule has 0 bridgehead atoms. The molecule has 6 nitrogen and oxygen atoms in total. The van der Waals surface area contributed by atoms with Crippen LogP contribution >= 0.6 is 0 Å². The van der Waals surface area contributed by atoms with Crippen molar-refractivity contribution >= 4 is 16.8 Å². The molecule has 29 heavy (non-hydrogen) atoms. The first-order chi connectivity index (χ1) is 14.1. The predicted octanol–water partition coefficient (Wildman–Crippen LogP) is 3.20. The Morgan fingerprint density at radius 3 is 2.52 bits per heavy atom. The summed E-state index contributed by atoms with van der Waals surface area (Å²) < 4.78 is 1.36. The number of carbonyl (C=O) groups excluding carboxylic acids is 1. The fraction of sp³-hybridized carbons (Fsp3) is 0.391. The molecule has 150 valence electrons. The van der Waals surface area contributed by atoms with Crippen LogP contribution in [0.5, 0.6) is 0 Å².